The zero-order chi connectivity index (χ0) is 18.5. The topological polar surface area (TPSA) is 46.3 Å². The highest BCUT2D eigenvalue weighted by molar-refractivity contribution is 5.76. The third-order valence-corrected chi connectivity index (χ3v) is 4.54. The summed E-state index contributed by atoms with van der Waals surface area (Å²) in [5, 5.41) is 0. The van der Waals surface area contributed by atoms with Crippen molar-refractivity contribution < 1.29 is 9.21 Å². The molecule has 4 heteroatoms. The van der Waals surface area contributed by atoms with E-state index < -0.39 is 0 Å². The van der Waals surface area contributed by atoms with Gasteiger partial charge in [-0.2, -0.15) is 0 Å². The fourth-order valence-electron chi connectivity index (χ4n) is 2.81. The summed E-state index contributed by atoms with van der Waals surface area (Å²) in [5.74, 6) is 1.42. The van der Waals surface area contributed by atoms with Crippen LogP contribution in [0.4, 0.5) is 0 Å². The van der Waals surface area contributed by atoms with Crippen molar-refractivity contribution in [1.29, 1.82) is 0 Å². The molecule has 1 amide bonds. The molecule has 0 spiro atoms. The van der Waals surface area contributed by atoms with Gasteiger partial charge in [-0.1, -0.05) is 54.1 Å². The second kappa shape index (κ2) is 8.00. The number of carbonyl (C=O) groups excluding carboxylic acids is 1. The van der Waals surface area contributed by atoms with Gasteiger partial charge in [-0.15, -0.1) is 0 Å². The first-order valence-corrected chi connectivity index (χ1v) is 8.83. The van der Waals surface area contributed by atoms with Gasteiger partial charge < -0.3 is 9.32 Å². The molecule has 0 aliphatic heterocycles. The van der Waals surface area contributed by atoms with Crippen LogP contribution in [-0.4, -0.2) is 22.8 Å². The van der Waals surface area contributed by atoms with Gasteiger partial charge in [0, 0.05) is 32.0 Å². The predicted octanol–water partition coefficient (Wildman–Crippen LogP) is 4.55. The van der Waals surface area contributed by atoms with Crippen LogP contribution in [0.2, 0.25) is 0 Å². The van der Waals surface area contributed by atoms with Crippen LogP contribution >= 0.6 is 0 Å². The Balaban J connectivity index is 1.56. The predicted molar refractivity (Wildman–Crippen MR) is 103 cm³/mol. The molecule has 3 aromatic rings. The van der Waals surface area contributed by atoms with Crippen LogP contribution in [0.15, 0.2) is 59.1 Å². The molecule has 4 nitrogen and oxygen atoms in total. The minimum absolute atomic E-state index is 0.0864. The summed E-state index contributed by atoms with van der Waals surface area (Å²) in [6.07, 6.45) is 2.61. The molecule has 0 aliphatic carbocycles. The summed E-state index contributed by atoms with van der Waals surface area (Å²) in [4.78, 5) is 18.5. The Labute approximate surface area is 154 Å². The third-order valence-electron chi connectivity index (χ3n) is 4.54. The first kappa shape index (κ1) is 17.9. The zero-order valence-electron chi connectivity index (χ0n) is 15.5. The van der Waals surface area contributed by atoms with Crippen LogP contribution in [0.5, 0.6) is 0 Å². The summed E-state index contributed by atoms with van der Waals surface area (Å²) < 4.78 is 5.80. The van der Waals surface area contributed by atoms with Crippen molar-refractivity contribution in [3.05, 3.63) is 77.3 Å². The van der Waals surface area contributed by atoms with Gasteiger partial charge in [0.05, 0.1) is 6.20 Å². The van der Waals surface area contributed by atoms with Gasteiger partial charge in [0.25, 0.3) is 0 Å². The SMILES string of the molecule is Cc1ccc(-c2cnc(CCC(=O)N(C)Cc3ccccc3C)o2)cc1. The fourth-order valence-corrected chi connectivity index (χ4v) is 2.81. The lowest BCUT2D eigenvalue weighted by atomic mass is 10.1. The quantitative estimate of drug-likeness (QED) is 0.656. The summed E-state index contributed by atoms with van der Waals surface area (Å²) in [6.45, 7) is 4.73. The number of oxazole rings is 1. The molecule has 0 bridgehead atoms. The molecule has 0 saturated heterocycles. The van der Waals surface area contributed by atoms with Crippen LogP contribution in [0.3, 0.4) is 0 Å². The molecular weight excluding hydrogens is 324 g/mol. The monoisotopic (exact) mass is 348 g/mol. The minimum Gasteiger partial charge on any atom is -0.441 e. The van der Waals surface area contributed by atoms with Crippen LogP contribution < -0.4 is 0 Å². The number of hydrogen-bond donors (Lipinski definition) is 0. The highest BCUT2D eigenvalue weighted by Gasteiger charge is 2.13. The maximum Gasteiger partial charge on any atom is 0.223 e. The maximum atomic E-state index is 12.4. The molecule has 0 fully saturated rings. The Kier molecular flexibility index (Phi) is 5.52. The van der Waals surface area contributed by atoms with Gasteiger partial charge in [0.1, 0.15) is 0 Å². The molecule has 0 radical (unpaired) electrons. The molecule has 0 aliphatic rings. The molecule has 2 aromatic carbocycles. The Morgan fingerprint density at radius 2 is 1.81 bits per heavy atom. The van der Waals surface area contributed by atoms with Crippen LogP contribution in [0, 0.1) is 13.8 Å². The second-order valence-corrected chi connectivity index (χ2v) is 6.66. The van der Waals surface area contributed by atoms with E-state index in [1.807, 2.05) is 43.4 Å². The number of amides is 1. The Morgan fingerprint density at radius 1 is 1.08 bits per heavy atom. The van der Waals surface area contributed by atoms with E-state index in [0.717, 1.165) is 11.3 Å². The lowest BCUT2D eigenvalue weighted by Crippen LogP contribution is -2.26. The van der Waals surface area contributed by atoms with Crippen molar-refractivity contribution in [3.63, 3.8) is 0 Å². The van der Waals surface area contributed by atoms with E-state index in [0.29, 0.717) is 25.3 Å². The Bertz CT molecular complexity index is 881. The molecule has 0 unspecified atom stereocenters. The molecule has 1 heterocycles. The highest BCUT2D eigenvalue weighted by Crippen LogP contribution is 2.21. The average molecular weight is 348 g/mol. The molecule has 1 aromatic heterocycles. The molecule has 3 rings (SSSR count). The van der Waals surface area contributed by atoms with Gasteiger partial charge >= 0.3 is 0 Å². The van der Waals surface area contributed by atoms with Gasteiger partial charge in [0.15, 0.2) is 11.7 Å². The largest absolute Gasteiger partial charge is 0.441 e. The molecular formula is C22H24N2O2. The van der Waals surface area contributed by atoms with Crippen molar-refractivity contribution in [1.82, 2.24) is 9.88 Å². The standard InChI is InChI=1S/C22H24N2O2/c1-16-8-10-18(11-9-16)20-14-23-21(26-20)12-13-22(25)24(3)15-19-7-5-4-6-17(19)2/h4-11,14H,12-13,15H2,1-3H3. The van der Waals surface area contributed by atoms with Crippen LogP contribution in [0.1, 0.15) is 29.0 Å². The Morgan fingerprint density at radius 3 is 2.54 bits per heavy atom. The van der Waals surface area contributed by atoms with E-state index in [1.165, 1.54) is 16.7 Å². The number of rotatable bonds is 6. The van der Waals surface area contributed by atoms with Crippen molar-refractivity contribution >= 4 is 5.91 Å². The van der Waals surface area contributed by atoms with Crippen molar-refractivity contribution in [2.45, 2.75) is 33.2 Å². The molecule has 134 valence electrons. The number of nitrogens with zero attached hydrogens (tertiary/aromatic N) is 2. The summed E-state index contributed by atoms with van der Waals surface area (Å²) in [6, 6.07) is 16.2. The maximum absolute atomic E-state index is 12.4. The molecule has 0 saturated carbocycles. The molecule has 0 atom stereocenters. The number of aryl methyl sites for hydroxylation is 3. The summed E-state index contributed by atoms with van der Waals surface area (Å²) >= 11 is 0. The smallest absolute Gasteiger partial charge is 0.223 e. The van der Waals surface area contributed by atoms with Crippen molar-refractivity contribution in [2.75, 3.05) is 7.05 Å². The zero-order valence-corrected chi connectivity index (χ0v) is 15.5. The van der Waals surface area contributed by atoms with E-state index in [2.05, 4.69) is 31.0 Å². The first-order valence-electron chi connectivity index (χ1n) is 8.83. The number of benzene rings is 2. The summed E-state index contributed by atoms with van der Waals surface area (Å²) in [7, 11) is 1.84. The molecule has 26 heavy (non-hydrogen) atoms. The fraction of sp³-hybridized carbons (Fsp3) is 0.273. The van der Waals surface area contributed by atoms with Crippen molar-refractivity contribution in [3.8, 4) is 11.3 Å². The van der Waals surface area contributed by atoms with Crippen LogP contribution in [0.25, 0.3) is 11.3 Å². The van der Waals surface area contributed by atoms with Gasteiger partial charge in [-0.3, -0.25) is 4.79 Å². The Hall–Kier alpha value is -2.88. The summed E-state index contributed by atoms with van der Waals surface area (Å²) in [5.41, 5.74) is 4.57. The number of hydrogen-bond acceptors (Lipinski definition) is 3. The lowest BCUT2D eigenvalue weighted by molar-refractivity contribution is -0.130. The highest BCUT2D eigenvalue weighted by atomic mass is 16.4. The third kappa shape index (κ3) is 4.39. The average Bonchev–Trinajstić information content (AvgIpc) is 3.11. The van der Waals surface area contributed by atoms with E-state index in [1.54, 1.807) is 11.1 Å². The van der Waals surface area contributed by atoms with Crippen LogP contribution in [-0.2, 0) is 17.8 Å². The molecule has 0 N–H and O–H groups in total. The van der Waals surface area contributed by atoms with E-state index in [-0.39, 0.29) is 5.91 Å². The lowest BCUT2D eigenvalue weighted by Gasteiger charge is -2.18. The number of aromatic nitrogens is 1. The first-order chi connectivity index (χ1) is 12.5. The van der Waals surface area contributed by atoms with Crippen molar-refractivity contribution in [2.24, 2.45) is 0 Å². The number of carbonyl (C=O) groups is 1. The van der Waals surface area contributed by atoms with E-state index in [9.17, 15) is 4.79 Å². The van der Waals surface area contributed by atoms with Gasteiger partial charge in [0.2, 0.25) is 5.91 Å². The normalized spacial score (nSPS) is 10.7. The minimum atomic E-state index is 0.0864. The van der Waals surface area contributed by atoms with E-state index >= 15 is 0 Å². The van der Waals surface area contributed by atoms with E-state index in [4.69, 9.17) is 4.42 Å². The van der Waals surface area contributed by atoms with Gasteiger partial charge in [-0.25, -0.2) is 4.98 Å². The van der Waals surface area contributed by atoms with Gasteiger partial charge in [-0.05, 0) is 25.0 Å². The second-order valence-electron chi connectivity index (χ2n) is 6.66.